The third-order valence-corrected chi connectivity index (χ3v) is 9.47. The zero-order valence-corrected chi connectivity index (χ0v) is 21.0. The van der Waals surface area contributed by atoms with Crippen LogP contribution in [0.3, 0.4) is 0 Å². The molecule has 31 heavy (non-hydrogen) atoms. The van der Waals surface area contributed by atoms with E-state index < -0.39 is 9.84 Å². The summed E-state index contributed by atoms with van der Waals surface area (Å²) >= 11 is 7.72. The molecule has 0 spiro atoms. The summed E-state index contributed by atoms with van der Waals surface area (Å²) in [5.41, 5.74) is 0. The van der Waals surface area contributed by atoms with Crippen molar-refractivity contribution in [1.29, 1.82) is 0 Å². The molecule has 1 saturated carbocycles. The monoisotopic (exact) mass is 482 g/mol. The van der Waals surface area contributed by atoms with Crippen LogP contribution in [0.4, 0.5) is 0 Å². The molecule has 4 rings (SSSR count). The van der Waals surface area contributed by atoms with Gasteiger partial charge in [0.1, 0.15) is 5.82 Å². The number of nitrogens with zero attached hydrogens (tertiary/aromatic N) is 4. The van der Waals surface area contributed by atoms with Crippen LogP contribution in [0.15, 0.2) is 17.5 Å². The summed E-state index contributed by atoms with van der Waals surface area (Å²) in [5.74, 6) is 2.03. The summed E-state index contributed by atoms with van der Waals surface area (Å²) < 4.78 is 29.3. The summed E-state index contributed by atoms with van der Waals surface area (Å²) in [6, 6.07) is 4.72. The Kier molecular flexibility index (Phi) is 7.35. The Hall–Kier alpha value is -1.03. The van der Waals surface area contributed by atoms with Crippen molar-refractivity contribution in [3.63, 3.8) is 0 Å². The Morgan fingerprint density at radius 2 is 2.03 bits per heavy atom. The van der Waals surface area contributed by atoms with Crippen molar-refractivity contribution >= 4 is 33.4 Å². The number of sulfone groups is 1. The smallest absolute Gasteiger partial charge is 0.199 e. The highest BCUT2D eigenvalue weighted by Gasteiger charge is 2.33. The van der Waals surface area contributed by atoms with Gasteiger partial charge in [0, 0.05) is 29.9 Å². The molecule has 2 aromatic heterocycles. The molecule has 0 amide bonds. The van der Waals surface area contributed by atoms with E-state index >= 15 is 0 Å². The van der Waals surface area contributed by atoms with Gasteiger partial charge in [-0.3, -0.25) is 4.90 Å². The van der Waals surface area contributed by atoms with E-state index in [1.165, 1.54) is 24.1 Å². The molecular formula is C22H34N4O2S3. The van der Waals surface area contributed by atoms with Crippen molar-refractivity contribution in [3.8, 4) is 0 Å². The summed E-state index contributed by atoms with van der Waals surface area (Å²) in [6.45, 7) is 5.77. The molecule has 172 valence electrons. The van der Waals surface area contributed by atoms with Crippen molar-refractivity contribution in [2.24, 2.45) is 5.92 Å². The molecule has 6 nitrogen and oxygen atoms in total. The van der Waals surface area contributed by atoms with Gasteiger partial charge in [0.25, 0.3) is 0 Å². The summed E-state index contributed by atoms with van der Waals surface area (Å²) in [4.78, 5) is 3.59. The molecule has 2 aromatic rings. The van der Waals surface area contributed by atoms with Crippen molar-refractivity contribution in [2.75, 3.05) is 18.1 Å². The number of aromatic nitrogens is 3. The van der Waals surface area contributed by atoms with Crippen molar-refractivity contribution in [1.82, 2.24) is 19.2 Å². The average Bonchev–Trinajstić information content (AvgIpc) is 3.42. The number of rotatable bonds is 8. The molecule has 9 heteroatoms. The average molecular weight is 483 g/mol. The van der Waals surface area contributed by atoms with Gasteiger partial charge in [-0.1, -0.05) is 39.2 Å². The molecule has 3 heterocycles. The third kappa shape index (κ3) is 5.67. The molecule has 2 aliphatic rings. The minimum Gasteiger partial charge on any atom is -0.301 e. The summed E-state index contributed by atoms with van der Waals surface area (Å²) in [6.07, 6.45) is 7.62. The molecule has 0 N–H and O–H groups in total. The lowest BCUT2D eigenvalue weighted by Gasteiger charge is -2.29. The van der Waals surface area contributed by atoms with Crippen molar-refractivity contribution in [2.45, 2.75) is 77.5 Å². The van der Waals surface area contributed by atoms with Crippen molar-refractivity contribution in [3.05, 3.63) is 33.0 Å². The Labute approximate surface area is 195 Å². The molecule has 2 fully saturated rings. The highest BCUT2D eigenvalue weighted by Crippen LogP contribution is 2.31. The van der Waals surface area contributed by atoms with E-state index in [0.717, 1.165) is 36.4 Å². The molecule has 1 aliphatic heterocycles. The SMILES string of the molecule is CC(C)CN(Cn1nc(Cc2cccs2)n(C2CCCCC2)c1=S)C1CCS(=O)(=O)C1. The van der Waals surface area contributed by atoms with Crippen LogP contribution in [0.2, 0.25) is 0 Å². The second kappa shape index (κ2) is 9.85. The van der Waals surface area contributed by atoms with E-state index in [9.17, 15) is 8.42 Å². The molecule has 0 aromatic carbocycles. The van der Waals surface area contributed by atoms with Gasteiger partial charge in [0.15, 0.2) is 14.6 Å². The van der Waals surface area contributed by atoms with Crippen LogP contribution >= 0.6 is 23.6 Å². The predicted octanol–water partition coefficient (Wildman–Crippen LogP) is 4.67. The van der Waals surface area contributed by atoms with Gasteiger partial charge in [0.2, 0.25) is 0 Å². The first kappa shape index (κ1) is 23.1. The highest BCUT2D eigenvalue weighted by atomic mass is 32.2. The summed E-state index contributed by atoms with van der Waals surface area (Å²) in [5, 5.41) is 7.11. The Balaban J connectivity index is 1.64. The maximum atomic E-state index is 12.1. The van der Waals surface area contributed by atoms with E-state index in [0.29, 0.717) is 25.0 Å². The van der Waals surface area contributed by atoms with E-state index in [1.54, 1.807) is 11.3 Å². The fraction of sp³-hybridized carbons (Fsp3) is 0.727. The van der Waals surface area contributed by atoms with Gasteiger partial charge in [0.05, 0.1) is 18.2 Å². The fourth-order valence-electron chi connectivity index (χ4n) is 4.98. The van der Waals surface area contributed by atoms with E-state index in [1.807, 2.05) is 4.68 Å². The minimum atomic E-state index is -2.93. The largest absolute Gasteiger partial charge is 0.301 e. The molecule has 0 bridgehead atoms. The molecule has 1 saturated heterocycles. The van der Waals surface area contributed by atoms with Gasteiger partial charge in [-0.05, 0) is 48.8 Å². The lowest BCUT2D eigenvalue weighted by atomic mass is 9.95. The van der Waals surface area contributed by atoms with Crippen LogP contribution in [0.25, 0.3) is 0 Å². The molecule has 1 aliphatic carbocycles. The minimum absolute atomic E-state index is 0.0508. The van der Waals surface area contributed by atoms with Gasteiger partial charge < -0.3 is 4.57 Å². The fourth-order valence-corrected chi connectivity index (χ4v) is 7.80. The van der Waals surface area contributed by atoms with Gasteiger partial charge in [-0.2, -0.15) is 5.10 Å². The Bertz CT molecular complexity index is 1020. The first-order valence-corrected chi connectivity index (χ1v) is 14.6. The highest BCUT2D eigenvalue weighted by molar-refractivity contribution is 7.91. The maximum Gasteiger partial charge on any atom is 0.199 e. The molecule has 1 atom stereocenters. The van der Waals surface area contributed by atoms with Gasteiger partial charge >= 0.3 is 0 Å². The number of thiophene rings is 1. The van der Waals surface area contributed by atoms with Crippen LogP contribution < -0.4 is 0 Å². The van der Waals surface area contributed by atoms with Crippen LogP contribution in [0.5, 0.6) is 0 Å². The topological polar surface area (TPSA) is 60.1 Å². The van der Waals surface area contributed by atoms with E-state index in [-0.39, 0.29) is 17.5 Å². The molecule has 0 radical (unpaired) electrons. The van der Waals surface area contributed by atoms with E-state index in [2.05, 4.69) is 40.8 Å². The third-order valence-electron chi connectivity index (χ3n) is 6.43. The van der Waals surface area contributed by atoms with Crippen LogP contribution in [0.1, 0.15) is 69.1 Å². The number of hydrogen-bond acceptors (Lipinski definition) is 6. The first-order valence-electron chi connectivity index (χ1n) is 11.5. The summed E-state index contributed by atoms with van der Waals surface area (Å²) in [7, 11) is -2.93. The first-order chi connectivity index (χ1) is 14.8. The molecular weight excluding hydrogens is 448 g/mol. The van der Waals surface area contributed by atoms with E-state index in [4.69, 9.17) is 17.3 Å². The second-order valence-corrected chi connectivity index (χ2v) is 13.1. The lowest BCUT2D eigenvalue weighted by molar-refractivity contribution is 0.136. The normalized spacial score (nSPS) is 22.0. The Morgan fingerprint density at radius 1 is 1.26 bits per heavy atom. The zero-order chi connectivity index (χ0) is 22.0. The van der Waals surface area contributed by atoms with Crippen LogP contribution in [0, 0.1) is 10.7 Å². The standard InChI is InChI=1S/C22H34N4O2S3/c1-17(2)14-24(19-10-12-31(27,28)15-19)16-25-22(29)26(18-7-4-3-5-8-18)21(23-25)13-20-9-6-11-30-20/h6,9,11,17-19H,3-5,7-8,10,12-16H2,1-2H3. The second-order valence-electron chi connectivity index (χ2n) is 9.48. The number of hydrogen-bond donors (Lipinski definition) is 0. The molecule has 1 unspecified atom stereocenters. The van der Waals surface area contributed by atoms with Crippen LogP contribution in [-0.2, 0) is 22.9 Å². The van der Waals surface area contributed by atoms with Gasteiger partial charge in [-0.25, -0.2) is 13.1 Å². The Morgan fingerprint density at radius 3 is 2.65 bits per heavy atom. The lowest BCUT2D eigenvalue weighted by Crippen LogP contribution is -2.40. The zero-order valence-electron chi connectivity index (χ0n) is 18.6. The van der Waals surface area contributed by atoms with Crippen LogP contribution in [-0.4, -0.2) is 51.8 Å². The predicted molar refractivity (Wildman–Crippen MR) is 129 cm³/mol. The quantitative estimate of drug-likeness (QED) is 0.512. The maximum absolute atomic E-state index is 12.1. The van der Waals surface area contributed by atoms with Gasteiger partial charge in [-0.15, -0.1) is 11.3 Å². The van der Waals surface area contributed by atoms with Crippen molar-refractivity contribution < 1.29 is 8.42 Å².